The van der Waals surface area contributed by atoms with Gasteiger partial charge < -0.3 is 14.8 Å². The molecule has 6 nitrogen and oxygen atoms in total. The van der Waals surface area contributed by atoms with E-state index in [2.05, 4.69) is 10.4 Å². The van der Waals surface area contributed by atoms with Gasteiger partial charge in [-0.2, -0.15) is 5.10 Å². The Hall–Kier alpha value is -2.41. The lowest BCUT2D eigenvalue weighted by Crippen LogP contribution is -2.26. The fraction of sp³-hybridized carbons (Fsp3) is 0.333. The Morgan fingerprint density at radius 1 is 1.50 bits per heavy atom. The zero-order valence-electron chi connectivity index (χ0n) is 12.1. The molecule has 0 bridgehead atoms. The van der Waals surface area contributed by atoms with Crippen molar-refractivity contribution in [3.05, 3.63) is 47.0 Å². The topological polar surface area (TPSA) is 65.4 Å². The number of fused-ring (bicyclic) bond motifs is 1. The molecule has 1 aromatic carbocycles. The van der Waals surface area contributed by atoms with Gasteiger partial charge in [-0.15, -0.1) is 0 Å². The number of amides is 1. The van der Waals surface area contributed by atoms with Gasteiger partial charge in [0.2, 0.25) is 0 Å². The third kappa shape index (κ3) is 3.09. The molecule has 3 rings (SSSR count). The lowest BCUT2D eigenvalue weighted by Gasteiger charge is -2.20. The van der Waals surface area contributed by atoms with E-state index in [9.17, 15) is 9.18 Å². The van der Waals surface area contributed by atoms with E-state index in [1.54, 1.807) is 17.9 Å². The molecule has 0 spiro atoms. The van der Waals surface area contributed by atoms with E-state index in [0.717, 1.165) is 5.56 Å². The minimum atomic E-state index is -0.332. The molecular weight excluding hydrogens is 289 g/mol. The predicted molar refractivity (Wildman–Crippen MR) is 75.9 cm³/mol. The van der Waals surface area contributed by atoms with Gasteiger partial charge in [-0.05, 0) is 24.1 Å². The Labute approximate surface area is 126 Å². The summed E-state index contributed by atoms with van der Waals surface area (Å²) < 4.78 is 25.7. The first-order valence-corrected chi connectivity index (χ1v) is 6.92. The highest BCUT2D eigenvalue weighted by Gasteiger charge is 2.17. The Bertz CT molecular complexity index is 699. The van der Waals surface area contributed by atoms with Gasteiger partial charge in [0.15, 0.2) is 6.79 Å². The fourth-order valence-corrected chi connectivity index (χ4v) is 2.39. The smallest absolute Gasteiger partial charge is 0.254 e. The van der Waals surface area contributed by atoms with Crippen molar-refractivity contribution in [2.24, 2.45) is 7.05 Å². The van der Waals surface area contributed by atoms with Crippen molar-refractivity contribution in [3.63, 3.8) is 0 Å². The lowest BCUT2D eigenvalue weighted by atomic mass is 10.1. The maximum atomic E-state index is 13.6. The molecule has 22 heavy (non-hydrogen) atoms. The van der Waals surface area contributed by atoms with Crippen LogP contribution in [0.4, 0.5) is 4.39 Å². The standard InChI is InChI=1S/C15H16FN3O3/c1-19-7-12(6-18-19)15(20)17-3-2-10-4-13(16)5-11-8-21-9-22-14(10)11/h4-7H,2-3,8-9H2,1H3,(H,17,20). The van der Waals surface area contributed by atoms with Crippen LogP contribution in [0.25, 0.3) is 0 Å². The largest absolute Gasteiger partial charge is 0.467 e. The van der Waals surface area contributed by atoms with Gasteiger partial charge in [-0.25, -0.2) is 4.39 Å². The second kappa shape index (κ2) is 6.15. The Morgan fingerprint density at radius 2 is 2.36 bits per heavy atom. The van der Waals surface area contributed by atoms with Crippen LogP contribution in [0.5, 0.6) is 5.75 Å². The van der Waals surface area contributed by atoms with Crippen molar-refractivity contribution >= 4 is 5.91 Å². The molecule has 1 aliphatic heterocycles. The molecule has 1 aromatic heterocycles. The molecule has 0 aliphatic carbocycles. The number of nitrogens with zero attached hydrogens (tertiary/aromatic N) is 2. The van der Waals surface area contributed by atoms with Crippen LogP contribution < -0.4 is 10.1 Å². The zero-order valence-corrected chi connectivity index (χ0v) is 12.1. The first-order valence-electron chi connectivity index (χ1n) is 6.92. The summed E-state index contributed by atoms with van der Waals surface area (Å²) in [5.41, 5.74) is 1.91. The van der Waals surface area contributed by atoms with Crippen LogP contribution >= 0.6 is 0 Å². The van der Waals surface area contributed by atoms with E-state index in [0.29, 0.717) is 36.4 Å². The average molecular weight is 305 g/mol. The molecular formula is C15H16FN3O3. The maximum Gasteiger partial charge on any atom is 0.254 e. The number of nitrogens with one attached hydrogen (secondary N) is 1. The predicted octanol–water partition coefficient (Wildman–Crippen LogP) is 1.40. The minimum absolute atomic E-state index is 0.160. The summed E-state index contributed by atoms with van der Waals surface area (Å²) in [6, 6.07) is 2.84. The quantitative estimate of drug-likeness (QED) is 0.927. The highest BCUT2D eigenvalue weighted by Crippen LogP contribution is 2.29. The van der Waals surface area contributed by atoms with Gasteiger partial charge in [0, 0.05) is 25.4 Å². The fourth-order valence-electron chi connectivity index (χ4n) is 2.39. The van der Waals surface area contributed by atoms with Gasteiger partial charge in [0.25, 0.3) is 5.91 Å². The van der Waals surface area contributed by atoms with E-state index in [4.69, 9.17) is 9.47 Å². The molecule has 0 atom stereocenters. The zero-order chi connectivity index (χ0) is 15.5. The molecule has 2 heterocycles. The number of aryl methyl sites for hydroxylation is 1. The highest BCUT2D eigenvalue weighted by molar-refractivity contribution is 5.93. The molecule has 0 saturated heterocycles. The second-order valence-electron chi connectivity index (χ2n) is 5.07. The van der Waals surface area contributed by atoms with Gasteiger partial charge >= 0.3 is 0 Å². The van der Waals surface area contributed by atoms with Crippen LogP contribution in [0.2, 0.25) is 0 Å². The minimum Gasteiger partial charge on any atom is -0.467 e. The lowest BCUT2D eigenvalue weighted by molar-refractivity contribution is -0.0172. The van der Waals surface area contributed by atoms with Gasteiger partial charge in [0.1, 0.15) is 11.6 Å². The molecule has 116 valence electrons. The summed E-state index contributed by atoms with van der Waals surface area (Å²) in [7, 11) is 1.75. The number of benzene rings is 1. The van der Waals surface area contributed by atoms with Gasteiger partial charge in [-0.1, -0.05) is 0 Å². The molecule has 1 amide bonds. The summed E-state index contributed by atoms with van der Waals surface area (Å²) >= 11 is 0. The van der Waals surface area contributed by atoms with Crippen LogP contribution in [0.15, 0.2) is 24.5 Å². The van der Waals surface area contributed by atoms with Crippen molar-refractivity contribution in [1.82, 2.24) is 15.1 Å². The first kappa shape index (κ1) is 14.5. The van der Waals surface area contributed by atoms with Crippen LogP contribution in [-0.4, -0.2) is 29.0 Å². The van der Waals surface area contributed by atoms with Crippen LogP contribution in [0.3, 0.4) is 0 Å². The first-order chi connectivity index (χ1) is 10.6. The number of halogens is 1. The number of hydrogen-bond donors (Lipinski definition) is 1. The number of carbonyl (C=O) groups excluding carboxylic acids is 1. The molecule has 1 aliphatic rings. The van der Waals surface area contributed by atoms with E-state index < -0.39 is 0 Å². The van der Waals surface area contributed by atoms with Crippen molar-refractivity contribution < 1.29 is 18.7 Å². The Balaban J connectivity index is 1.64. The molecule has 2 aromatic rings. The van der Waals surface area contributed by atoms with Crippen molar-refractivity contribution in [2.45, 2.75) is 13.0 Å². The molecule has 1 N–H and O–H groups in total. The van der Waals surface area contributed by atoms with E-state index >= 15 is 0 Å². The van der Waals surface area contributed by atoms with Crippen LogP contribution in [-0.2, 0) is 24.8 Å². The molecule has 0 unspecified atom stereocenters. The van der Waals surface area contributed by atoms with Gasteiger partial charge in [-0.3, -0.25) is 9.48 Å². The number of rotatable bonds is 4. The summed E-state index contributed by atoms with van der Waals surface area (Å²) in [4.78, 5) is 11.9. The summed E-state index contributed by atoms with van der Waals surface area (Å²) in [5, 5.41) is 6.73. The molecule has 0 fully saturated rings. The number of carbonyl (C=O) groups is 1. The number of hydrogen-bond acceptors (Lipinski definition) is 4. The number of aromatic nitrogens is 2. The number of ether oxygens (including phenoxy) is 2. The SMILES string of the molecule is Cn1cc(C(=O)NCCc2cc(F)cc3c2OCOC3)cn1. The summed E-state index contributed by atoms with van der Waals surface area (Å²) in [6.07, 6.45) is 3.62. The van der Waals surface area contributed by atoms with Crippen LogP contribution in [0.1, 0.15) is 21.5 Å². The molecule has 0 radical (unpaired) electrons. The summed E-state index contributed by atoms with van der Waals surface area (Å²) in [5.74, 6) is 0.118. The monoisotopic (exact) mass is 305 g/mol. The average Bonchev–Trinajstić information content (AvgIpc) is 2.93. The third-order valence-corrected chi connectivity index (χ3v) is 3.40. The van der Waals surface area contributed by atoms with E-state index in [1.807, 2.05) is 0 Å². The molecule has 0 saturated carbocycles. The van der Waals surface area contributed by atoms with Crippen LogP contribution in [0, 0.1) is 5.82 Å². The third-order valence-electron chi connectivity index (χ3n) is 3.40. The van der Waals surface area contributed by atoms with Crippen molar-refractivity contribution in [2.75, 3.05) is 13.3 Å². The maximum absolute atomic E-state index is 13.6. The van der Waals surface area contributed by atoms with Gasteiger partial charge in [0.05, 0.1) is 18.4 Å². The molecule has 7 heteroatoms. The van der Waals surface area contributed by atoms with E-state index in [-0.39, 0.29) is 18.5 Å². The van der Waals surface area contributed by atoms with Crippen molar-refractivity contribution in [1.29, 1.82) is 0 Å². The summed E-state index contributed by atoms with van der Waals surface area (Å²) in [6.45, 7) is 0.879. The normalized spacial score (nSPS) is 13.4. The van der Waals surface area contributed by atoms with E-state index in [1.165, 1.54) is 18.3 Å². The second-order valence-corrected chi connectivity index (χ2v) is 5.07. The highest BCUT2D eigenvalue weighted by atomic mass is 19.1. The Kier molecular flexibility index (Phi) is 4.06. The van der Waals surface area contributed by atoms with Crippen molar-refractivity contribution in [3.8, 4) is 5.75 Å². The Morgan fingerprint density at radius 3 is 3.14 bits per heavy atom.